The van der Waals surface area contributed by atoms with Crippen LogP contribution in [0.3, 0.4) is 0 Å². The van der Waals surface area contributed by atoms with Gasteiger partial charge < -0.3 is 11.1 Å². The number of hydrogen-bond donors (Lipinski definition) is 3. The highest BCUT2D eigenvalue weighted by molar-refractivity contribution is 5.95. The van der Waals surface area contributed by atoms with Gasteiger partial charge in [0.25, 0.3) is 0 Å². The van der Waals surface area contributed by atoms with Gasteiger partial charge in [0, 0.05) is 22.5 Å². The fourth-order valence-electron chi connectivity index (χ4n) is 1.92. The smallest absolute Gasteiger partial charge is 0.248 e. The number of carbonyl (C=O) groups excluding carboxylic acids is 2. The molecular weight excluding hydrogens is 256 g/mol. The zero-order valence-electron chi connectivity index (χ0n) is 11.4. The van der Waals surface area contributed by atoms with Gasteiger partial charge in [-0.15, -0.1) is 0 Å². The van der Waals surface area contributed by atoms with Crippen LogP contribution in [0.25, 0.3) is 0 Å². The predicted octanol–water partition coefficient (Wildman–Crippen LogP) is 1.31. The zero-order valence-corrected chi connectivity index (χ0v) is 11.4. The maximum absolute atomic E-state index is 12.0. The molecule has 0 aliphatic carbocycles. The van der Waals surface area contributed by atoms with Crippen molar-refractivity contribution in [2.45, 2.75) is 20.3 Å². The number of rotatable bonds is 4. The number of nitrogens with one attached hydrogen (secondary N) is 2. The van der Waals surface area contributed by atoms with Crippen LogP contribution in [0.1, 0.15) is 27.3 Å². The number of aryl methyl sites for hydroxylation is 2. The van der Waals surface area contributed by atoms with E-state index in [1.54, 1.807) is 24.3 Å². The number of benzene rings is 1. The summed E-state index contributed by atoms with van der Waals surface area (Å²) < 4.78 is 0. The standard InChI is InChI=1S/C14H16N4O2/c1-8-12(9(2)18-17-8)7-13(19)16-11-5-3-10(4-6-11)14(15)20/h3-6H,7H2,1-2H3,(H2,15,20)(H,16,19)(H,17,18). The van der Waals surface area contributed by atoms with E-state index in [9.17, 15) is 9.59 Å². The molecule has 2 aromatic rings. The van der Waals surface area contributed by atoms with Crippen molar-refractivity contribution in [3.05, 3.63) is 46.8 Å². The van der Waals surface area contributed by atoms with Gasteiger partial charge in [0.15, 0.2) is 0 Å². The van der Waals surface area contributed by atoms with E-state index < -0.39 is 5.91 Å². The number of aromatic nitrogens is 2. The number of hydrogen-bond acceptors (Lipinski definition) is 3. The summed E-state index contributed by atoms with van der Waals surface area (Å²) in [6.45, 7) is 3.73. The van der Waals surface area contributed by atoms with Gasteiger partial charge in [0.1, 0.15) is 0 Å². The molecule has 0 atom stereocenters. The first kappa shape index (κ1) is 13.8. The highest BCUT2D eigenvalue weighted by Crippen LogP contribution is 2.13. The minimum atomic E-state index is -0.493. The SMILES string of the molecule is Cc1n[nH]c(C)c1CC(=O)Nc1ccc(C(N)=O)cc1. The van der Waals surface area contributed by atoms with E-state index in [2.05, 4.69) is 15.5 Å². The first-order valence-electron chi connectivity index (χ1n) is 6.17. The number of nitrogens with zero attached hydrogens (tertiary/aromatic N) is 1. The molecule has 0 saturated heterocycles. The van der Waals surface area contributed by atoms with Crippen LogP contribution in [0.2, 0.25) is 0 Å². The predicted molar refractivity (Wildman–Crippen MR) is 75.4 cm³/mol. The molecule has 1 aromatic heterocycles. The lowest BCUT2D eigenvalue weighted by molar-refractivity contribution is -0.115. The summed E-state index contributed by atoms with van der Waals surface area (Å²) in [6, 6.07) is 6.44. The van der Waals surface area contributed by atoms with Gasteiger partial charge in [-0.2, -0.15) is 5.10 Å². The highest BCUT2D eigenvalue weighted by atomic mass is 16.2. The number of primary amides is 1. The quantitative estimate of drug-likeness (QED) is 0.782. The van der Waals surface area contributed by atoms with Crippen LogP contribution in [-0.2, 0) is 11.2 Å². The average molecular weight is 272 g/mol. The van der Waals surface area contributed by atoms with Crippen LogP contribution in [0, 0.1) is 13.8 Å². The molecule has 0 saturated carbocycles. The number of anilines is 1. The zero-order chi connectivity index (χ0) is 14.7. The Morgan fingerprint density at radius 2 is 1.90 bits per heavy atom. The van der Waals surface area contributed by atoms with Gasteiger partial charge in [-0.1, -0.05) is 0 Å². The van der Waals surface area contributed by atoms with Crippen LogP contribution in [-0.4, -0.2) is 22.0 Å². The molecule has 0 aliphatic heterocycles. The second kappa shape index (κ2) is 5.56. The molecule has 0 aliphatic rings. The summed E-state index contributed by atoms with van der Waals surface area (Å²) in [4.78, 5) is 22.9. The Morgan fingerprint density at radius 1 is 1.25 bits per heavy atom. The van der Waals surface area contributed by atoms with E-state index in [0.717, 1.165) is 17.0 Å². The minimum Gasteiger partial charge on any atom is -0.366 e. The summed E-state index contributed by atoms with van der Waals surface area (Å²) in [6.07, 6.45) is 0.256. The summed E-state index contributed by atoms with van der Waals surface area (Å²) >= 11 is 0. The van der Waals surface area contributed by atoms with Gasteiger partial charge in [0.2, 0.25) is 11.8 Å². The molecule has 0 bridgehead atoms. The van der Waals surface area contributed by atoms with Gasteiger partial charge in [-0.3, -0.25) is 14.7 Å². The second-order valence-corrected chi connectivity index (χ2v) is 4.58. The van der Waals surface area contributed by atoms with Gasteiger partial charge in [-0.05, 0) is 38.1 Å². The van der Waals surface area contributed by atoms with E-state index in [-0.39, 0.29) is 12.3 Å². The van der Waals surface area contributed by atoms with Crippen molar-refractivity contribution in [1.29, 1.82) is 0 Å². The van der Waals surface area contributed by atoms with Gasteiger partial charge >= 0.3 is 0 Å². The third-order valence-electron chi connectivity index (χ3n) is 3.07. The number of H-pyrrole nitrogens is 1. The number of carbonyl (C=O) groups is 2. The number of aromatic amines is 1. The maximum atomic E-state index is 12.0. The molecule has 1 heterocycles. The van der Waals surface area contributed by atoms with Crippen LogP contribution < -0.4 is 11.1 Å². The number of nitrogens with two attached hydrogens (primary N) is 1. The molecule has 104 valence electrons. The largest absolute Gasteiger partial charge is 0.366 e. The first-order chi connectivity index (χ1) is 9.47. The van der Waals surface area contributed by atoms with E-state index in [0.29, 0.717) is 11.3 Å². The average Bonchev–Trinajstić information content (AvgIpc) is 2.71. The molecule has 0 radical (unpaired) electrons. The van der Waals surface area contributed by atoms with Gasteiger partial charge in [0.05, 0.1) is 12.1 Å². The monoisotopic (exact) mass is 272 g/mol. The Balaban J connectivity index is 2.03. The summed E-state index contributed by atoms with van der Waals surface area (Å²) in [5, 5.41) is 9.66. The van der Waals surface area contributed by atoms with E-state index >= 15 is 0 Å². The first-order valence-corrected chi connectivity index (χ1v) is 6.17. The third-order valence-corrected chi connectivity index (χ3v) is 3.07. The van der Waals surface area contributed by atoms with Crippen LogP contribution >= 0.6 is 0 Å². The lowest BCUT2D eigenvalue weighted by atomic mass is 10.1. The molecular formula is C14H16N4O2. The van der Waals surface area contributed by atoms with Crippen molar-refractivity contribution < 1.29 is 9.59 Å². The number of amides is 2. The molecule has 4 N–H and O–H groups in total. The molecule has 2 rings (SSSR count). The van der Waals surface area contributed by atoms with Gasteiger partial charge in [-0.25, -0.2) is 0 Å². The molecule has 0 unspecified atom stereocenters. The Morgan fingerprint density at radius 3 is 2.40 bits per heavy atom. The van der Waals surface area contributed by atoms with Crippen LogP contribution in [0.15, 0.2) is 24.3 Å². The summed E-state index contributed by atoms with van der Waals surface area (Å²) in [5.74, 6) is -0.628. The Hall–Kier alpha value is -2.63. The topological polar surface area (TPSA) is 101 Å². The molecule has 6 nitrogen and oxygen atoms in total. The van der Waals surface area contributed by atoms with Crippen molar-refractivity contribution in [3.63, 3.8) is 0 Å². The molecule has 0 spiro atoms. The normalized spacial score (nSPS) is 10.3. The molecule has 2 amide bonds. The molecule has 6 heteroatoms. The van der Waals surface area contributed by atoms with Crippen molar-refractivity contribution in [1.82, 2.24) is 10.2 Å². The Labute approximate surface area is 116 Å². The van der Waals surface area contributed by atoms with E-state index in [1.165, 1.54) is 0 Å². The van der Waals surface area contributed by atoms with Crippen molar-refractivity contribution in [3.8, 4) is 0 Å². The summed E-state index contributed by atoms with van der Waals surface area (Å²) in [5.41, 5.74) is 8.79. The lowest BCUT2D eigenvalue weighted by Gasteiger charge is -2.06. The third kappa shape index (κ3) is 3.03. The van der Waals surface area contributed by atoms with E-state index in [4.69, 9.17) is 5.73 Å². The van der Waals surface area contributed by atoms with Crippen molar-refractivity contribution >= 4 is 17.5 Å². The molecule has 20 heavy (non-hydrogen) atoms. The highest BCUT2D eigenvalue weighted by Gasteiger charge is 2.11. The van der Waals surface area contributed by atoms with Crippen molar-refractivity contribution in [2.75, 3.05) is 5.32 Å². The Kier molecular flexibility index (Phi) is 3.84. The fourth-order valence-corrected chi connectivity index (χ4v) is 1.92. The van der Waals surface area contributed by atoms with Crippen molar-refractivity contribution in [2.24, 2.45) is 5.73 Å². The van der Waals surface area contributed by atoms with E-state index in [1.807, 2.05) is 13.8 Å². The lowest BCUT2D eigenvalue weighted by Crippen LogP contribution is -2.15. The summed E-state index contributed by atoms with van der Waals surface area (Å²) in [7, 11) is 0. The fraction of sp³-hybridized carbons (Fsp3) is 0.214. The Bertz CT molecular complexity index is 624. The maximum Gasteiger partial charge on any atom is 0.248 e. The van der Waals surface area contributed by atoms with Crippen LogP contribution in [0.5, 0.6) is 0 Å². The molecule has 0 fully saturated rings. The second-order valence-electron chi connectivity index (χ2n) is 4.58. The molecule has 1 aromatic carbocycles. The minimum absolute atomic E-state index is 0.135. The van der Waals surface area contributed by atoms with Crippen LogP contribution in [0.4, 0.5) is 5.69 Å².